The summed E-state index contributed by atoms with van der Waals surface area (Å²) in [5.74, 6) is 0.959. The van der Waals surface area contributed by atoms with Crippen LogP contribution in [0, 0.1) is 10.5 Å². The molecule has 0 saturated carbocycles. The number of ether oxygens (including phenoxy) is 1. The van der Waals surface area contributed by atoms with Gasteiger partial charge in [-0.25, -0.2) is 0 Å². The molecule has 0 bridgehead atoms. The lowest BCUT2D eigenvalue weighted by atomic mass is 10.1. The maximum atomic E-state index is 6.24. The number of hydrogen-bond acceptors (Lipinski definition) is 2. The van der Waals surface area contributed by atoms with Gasteiger partial charge >= 0.3 is 0 Å². The average Bonchev–Trinajstić information content (AvgIpc) is 2.46. The Morgan fingerprint density at radius 3 is 2.48 bits per heavy atom. The molecule has 0 heterocycles. The van der Waals surface area contributed by atoms with Crippen LogP contribution in [-0.4, -0.2) is 13.6 Å². The molecule has 2 aromatic rings. The van der Waals surface area contributed by atoms with Gasteiger partial charge in [0.05, 0.1) is 3.57 Å². The van der Waals surface area contributed by atoms with Gasteiger partial charge in [0.2, 0.25) is 0 Å². The van der Waals surface area contributed by atoms with E-state index in [4.69, 9.17) is 4.74 Å². The fourth-order valence-electron chi connectivity index (χ4n) is 2.09. The minimum Gasteiger partial charge on any atom is -0.485 e. The van der Waals surface area contributed by atoms with Crippen LogP contribution in [0.1, 0.15) is 23.7 Å². The number of rotatable bonds is 6. The molecule has 2 nitrogen and oxygen atoms in total. The third-order valence-electron chi connectivity index (χ3n) is 3.18. The Hall–Kier alpha value is -0.780. The highest BCUT2D eigenvalue weighted by Crippen LogP contribution is 2.29. The van der Waals surface area contributed by atoms with E-state index in [0.29, 0.717) is 0 Å². The van der Waals surface area contributed by atoms with Gasteiger partial charge in [0.25, 0.3) is 0 Å². The zero-order chi connectivity index (χ0) is 14.4. The third kappa shape index (κ3) is 5.49. The quantitative estimate of drug-likeness (QED) is 0.685. The molecule has 114 valence electrons. The molecule has 0 spiro atoms. The Morgan fingerprint density at radius 2 is 1.86 bits per heavy atom. The summed E-state index contributed by atoms with van der Waals surface area (Å²) >= 11 is 2.34. The van der Waals surface area contributed by atoms with E-state index in [1.807, 2.05) is 13.1 Å². The Kier molecular flexibility index (Phi) is 8.07. The van der Waals surface area contributed by atoms with Gasteiger partial charge in [-0.2, -0.15) is 0 Å². The Balaban J connectivity index is 0.00000220. The Labute approximate surface area is 146 Å². The molecule has 0 fully saturated rings. The highest BCUT2D eigenvalue weighted by atomic mass is 127. The average molecular weight is 418 g/mol. The standard InChI is InChI=1S/C17H20INO.ClH/c1-13-8-9-17(15(18)12-13)20-16(10-11-19-2)14-6-4-3-5-7-14;/h3-9,12,16,19H,10-11H2,1-2H3;1H/t16-;/m1./s1. The smallest absolute Gasteiger partial charge is 0.133 e. The van der Waals surface area contributed by atoms with Crippen LogP contribution in [-0.2, 0) is 0 Å². The minimum atomic E-state index is 0. The van der Waals surface area contributed by atoms with E-state index >= 15 is 0 Å². The first-order valence-corrected chi connectivity index (χ1v) is 7.91. The molecule has 2 aromatic carbocycles. The predicted molar refractivity (Wildman–Crippen MR) is 99.5 cm³/mol. The van der Waals surface area contributed by atoms with Crippen molar-refractivity contribution in [2.75, 3.05) is 13.6 Å². The van der Waals surface area contributed by atoms with Crippen molar-refractivity contribution < 1.29 is 4.74 Å². The molecular weight excluding hydrogens is 397 g/mol. The molecular formula is C17H21ClINO. The maximum Gasteiger partial charge on any atom is 0.133 e. The summed E-state index contributed by atoms with van der Waals surface area (Å²) in [6, 6.07) is 16.7. The van der Waals surface area contributed by atoms with Crippen LogP contribution < -0.4 is 10.1 Å². The Morgan fingerprint density at radius 1 is 1.14 bits per heavy atom. The van der Waals surface area contributed by atoms with Crippen molar-refractivity contribution in [2.45, 2.75) is 19.4 Å². The van der Waals surface area contributed by atoms with E-state index in [1.165, 1.54) is 11.1 Å². The predicted octanol–water partition coefficient (Wildman–Crippen LogP) is 4.75. The fourth-order valence-corrected chi connectivity index (χ4v) is 2.89. The first-order chi connectivity index (χ1) is 9.70. The van der Waals surface area contributed by atoms with E-state index < -0.39 is 0 Å². The molecule has 0 aromatic heterocycles. The molecule has 0 unspecified atom stereocenters. The SMILES string of the molecule is CNCC[C@@H](Oc1ccc(C)cc1I)c1ccccc1.Cl. The molecule has 0 saturated heterocycles. The van der Waals surface area contributed by atoms with Gasteiger partial charge in [-0.15, -0.1) is 12.4 Å². The van der Waals surface area contributed by atoms with E-state index in [2.05, 4.69) is 77.3 Å². The molecule has 0 radical (unpaired) electrons. The second-order valence-corrected chi connectivity index (χ2v) is 6.01. The number of benzene rings is 2. The van der Waals surface area contributed by atoms with E-state index in [1.54, 1.807) is 0 Å². The van der Waals surface area contributed by atoms with Crippen LogP contribution in [0.4, 0.5) is 0 Å². The summed E-state index contributed by atoms with van der Waals surface area (Å²) in [5, 5.41) is 3.20. The van der Waals surface area contributed by atoms with E-state index in [-0.39, 0.29) is 18.5 Å². The number of nitrogens with one attached hydrogen (secondary N) is 1. The van der Waals surface area contributed by atoms with Gasteiger partial charge in [-0.1, -0.05) is 36.4 Å². The van der Waals surface area contributed by atoms with Crippen LogP contribution in [0.25, 0.3) is 0 Å². The van der Waals surface area contributed by atoms with Gasteiger partial charge in [0.15, 0.2) is 0 Å². The molecule has 0 aliphatic rings. The summed E-state index contributed by atoms with van der Waals surface area (Å²) < 4.78 is 7.40. The van der Waals surface area contributed by atoms with E-state index in [9.17, 15) is 0 Å². The highest BCUT2D eigenvalue weighted by molar-refractivity contribution is 14.1. The maximum absolute atomic E-state index is 6.24. The molecule has 1 N–H and O–H groups in total. The molecule has 21 heavy (non-hydrogen) atoms. The first-order valence-electron chi connectivity index (χ1n) is 6.83. The summed E-state index contributed by atoms with van der Waals surface area (Å²) in [7, 11) is 1.97. The zero-order valence-electron chi connectivity index (χ0n) is 12.3. The summed E-state index contributed by atoms with van der Waals surface area (Å²) in [5.41, 5.74) is 2.48. The number of hydrogen-bond donors (Lipinski definition) is 1. The Bertz CT molecular complexity index is 548. The molecule has 0 aliphatic heterocycles. The van der Waals surface area contributed by atoms with Crippen molar-refractivity contribution in [2.24, 2.45) is 0 Å². The fraction of sp³-hybridized carbons (Fsp3) is 0.294. The van der Waals surface area contributed by atoms with Gasteiger partial charge in [-0.3, -0.25) is 0 Å². The monoisotopic (exact) mass is 417 g/mol. The van der Waals surface area contributed by atoms with E-state index in [0.717, 1.165) is 22.3 Å². The van der Waals surface area contributed by atoms with Gasteiger partial charge in [0.1, 0.15) is 11.9 Å². The van der Waals surface area contributed by atoms with Gasteiger partial charge in [-0.05, 0) is 66.4 Å². The lowest BCUT2D eigenvalue weighted by Crippen LogP contribution is -2.16. The van der Waals surface area contributed by atoms with Crippen molar-refractivity contribution in [1.29, 1.82) is 0 Å². The second-order valence-electron chi connectivity index (χ2n) is 4.84. The van der Waals surface area contributed by atoms with Gasteiger partial charge in [0, 0.05) is 6.42 Å². The highest BCUT2D eigenvalue weighted by Gasteiger charge is 2.14. The van der Waals surface area contributed by atoms with Crippen molar-refractivity contribution in [3.8, 4) is 5.75 Å². The van der Waals surface area contributed by atoms with Crippen LogP contribution in [0.15, 0.2) is 48.5 Å². The van der Waals surface area contributed by atoms with Crippen LogP contribution in [0.2, 0.25) is 0 Å². The summed E-state index contributed by atoms with van der Waals surface area (Å²) in [6.45, 7) is 3.03. The summed E-state index contributed by atoms with van der Waals surface area (Å²) in [6.07, 6.45) is 1.03. The number of aryl methyl sites for hydroxylation is 1. The topological polar surface area (TPSA) is 21.3 Å². The van der Waals surface area contributed by atoms with Crippen LogP contribution in [0.3, 0.4) is 0 Å². The summed E-state index contributed by atoms with van der Waals surface area (Å²) in [4.78, 5) is 0. The van der Waals surface area contributed by atoms with Crippen LogP contribution >= 0.6 is 35.0 Å². The zero-order valence-corrected chi connectivity index (χ0v) is 15.3. The largest absolute Gasteiger partial charge is 0.485 e. The van der Waals surface area contributed by atoms with Crippen molar-refractivity contribution in [3.63, 3.8) is 0 Å². The lowest BCUT2D eigenvalue weighted by molar-refractivity contribution is 0.193. The van der Waals surface area contributed by atoms with Crippen molar-refractivity contribution >= 4 is 35.0 Å². The number of halogens is 2. The normalized spacial score (nSPS) is 11.6. The third-order valence-corrected chi connectivity index (χ3v) is 4.03. The van der Waals surface area contributed by atoms with Crippen molar-refractivity contribution in [1.82, 2.24) is 5.32 Å². The molecule has 4 heteroatoms. The molecule has 2 rings (SSSR count). The first kappa shape index (κ1) is 18.3. The molecule has 0 amide bonds. The lowest BCUT2D eigenvalue weighted by Gasteiger charge is -2.20. The second kappa shape index (κ2) is 9.28. The minimum absolute atomic E-state index is 0. The van der Waals surface area contributed by atoms with Crippen molar-refractivity contribution in [3.05, 3.63) is 63.2 Å². The molecule has 0 aliphatic carbocycles. The van der Waals surface area contributed by atoms with Crippen LogP contribution in [0.5, 0.6) is 5.75 Å². The molecule has 1 atom stereocenters. The van der Waals surface area contributed by atoms with Gasteiger partial charge < -0.3 is 10.1 Å².